The van der Waals surface area contributed by atoms with Crippen LogP contribution in [0, 0.1) is 21.0 Å². The quantitative estimate of drug-likeness (QED) is 0.328. The minimum Gasteiger partial charge on any atom is -0.494 e. The van der Waals surface area contributed by atoms with Crippen LogP contribution in [0.5, 0.6) is 5.75 Å². The van der Waals surface area contributed by atoms with E-state index in [-0.39, 0.29) is 19.3 Å². The highest BCUT2D eigenvalue weighted by Crippen LogP contribution is 2.49. The number of anilines is 2. The summed E-state index contributed by atoms with van der Waals surface area (Å²) >= 11 is 1.82. The molecular formula is C20H20F3IN2O6S. The van der Waals surface area contributed by atoms with E-state index in [1.165, 1.54) is 6.07 Å². The molecule has 0 saturated heterocycles. The van der Waals surface area contributed by atoms with Gasteiger partial charge in [0.15, 0.2) is 11.6 Å². The second-order valence-electron chi connectivity index (χ2n) is 7.53. The van der Waals surface area contributed by atoms with E-state index in [2.05, 4.69) is 4.72 Å². The molecule has 1 aliphatic carbocycles. The van der Waals surface area contributed by atoms with Crippen LogP contribution in [0.3, 0.4) is 0 Å². The Bertz CT molecular complexity index is 1190. The Labute approximate surface area is 201 Å². The number of nitrogens with one attached hydrogen (secondary N) is 2. The molecule has 13 heteroatoms. The molecule has 3 rings (SSSR count). The highest BCUT2D eigenvalue weighted by atomic mass is 127. The summed E-state index contributed by atoms with van der Waals surface area (Å²) in [7, 11) is -3.24. The molecule has 0 bridgehead atoms. The minimum atomic E-state index is -4.32. The largest absolute Gasteiger partial charge is 0.494 e. The standard InChI is InChI=1S/C20H20F3IN2O6S/c1-32-15-7-14(22)16(23)18(25-19(29)12-3-2-10(24)6-13(12)21)17(15)26-33(30,31)20(4-5-20)8-11(28)9-27/h2-3,6-7,11,26-28H,4-5,8-9H2,1H3,(H,25,29). The average molecular weight is 600 g/mol. The van der Waals surface area contributed by atoms with Crippen molar-refractivity contribution >= 4 is 49.9 Å². The summed E-state index contributed by atoms with van der Waals surface area (Å²) in [6.45, 7) is -0.658. The van der Waals surface area contributed by atoms with Crippen LogP contribution in [-0.4, -0.2) is 49.1 Å². The monoisotopic (exact) mass is 600 g/mol. The maximum Gasteiger partial charge on any atom is 0.258 e. The van der Waals surface area contributed by atoms with Gasteiger partial charge in [-0.05, 0) is 60.1 Å². The number of halogens is 4. The van der Waals surface area contributed by atoms with E-state index < -0.39 is 73.5 Å². The Balaban J connectivity index is 2.03. The lowest BCUT2D eigenvalue weighted by Crippen LogP contribution is -2.35. The Kier molecular flexibility index (Phi) is 7.45. The van der Waals surface area contributed by atoms with E-state index >= 15 is 0 Å². The predicted molar refractivity (Wildman–Crippen MR) is 122 cm³/mol. The van der Waals surface area contributed by atoms with Crippen LogP contribution in [0.1, 0.15) is 29.6 Å². The maximum absolute atomic E-state index is 14.7. The summed E-state index contributed by atoms with van der Waals surface area (Å²) in [6.07, 6.45) is -1.29. The first-order chi connectivity index (χ1) is 15.4. The molecule has 2 aromatic carbocycles. The van der Waals surface area contributed by atoms with E-state index in [1.807, 2.05) is 27.9 Å². The number of aliphatic hydroxyl groups excluding tert-OH is 2. The van der Waals surface area contributed by atoms with Crippen molar-refractivity contribution in [3.05, 3.63) is 50.9 Å². The number of sulfonamides is 1. The summed E-state index contributed by atoms with van der Waals surface area (Å²) in [4.78, 5) is 12.6. The van der Waals surface area contributed by atoms with Crippen LogP contribution in [-0.2, 0) is 10.0 Å². The van der Waals surface area contributed by atoms with Gasteiger partial charge in [0.05, 0.1) is 30.1 Å². The number of benzene rings is 2. The van der Waals surface area contributed by atoms with Gasteiger partial charge in [-0.15, -0.1) is 0 Å². The average Bonchev–Trinajstić information content (AvgIpc) is 3.54. The Morgan fingerprint density at radius 1 is 1.21 bits per heavy atom. The predicted octanol–water partition coefficient (Wildman–Crippen LogP) is 2.99. The van der Waals surface area contributed by atoms with Crippen LogP contribution in [0.15, 0.2) is 24.3 Å². The van der Waals surface area contributed by atoms with Crippen LogP contribution >= 0.6 is 22.6 Å². The SMILES string of the molecule is COc1cc(F)c(F)c(NC(=O)c2ccc(I)cc2F)c1NS(=O)(=O)C1(CC(O)CO)CC1. The van der Waals surface area contributed by atoms with Crippen molar-refractivity contribution in [1.82, 2.24) is 0 Å². The number of methoxy groups -OCH3 is 1. The van der Waals surface area contributed by atoms with Crippen molar-refractivity contribution in [3.8, 4) is 5.75 Å². The molecule has 1 aliphatic rings. The van der Waals surface area contributed by atoms with Crippen molar-refractivity contribution in [2.75, 3.05) is 23.8 Å². The number of amides is 1. The molecule has 1 fully saturated rings. The van der Waals surface area contributed by atoms with Crippen molar-refractivity contribution in [3.63, 3.8) is 0 Å². The van der Waals surface area contributed by atoms with Crippen molar-refractivity contribution < 1.29 is 41.3 Å². The zero-order valence-corrected chi connectivity index (χ0v) is 20.1. The molecule has 1 atom stereocenters. The summed E-state index contributed by atoms with van der Waals surface area (Å²) in [5.41, 5.74) is -1.96. The van der Waals surface area contributed by atoms with Gasteiger partial charge in [0.25, 0.3) is 5.91 Å². The number of carbonyl (C=O) groups is 1. The van der Waals surface area contributed by atoms with Gasteiger partial charge in [-0.1, -0.05) is 0 Å². The third kappa shape index (κ3) is 5.20. The Morgan fingerprint density at radius 2 is 1.88 bits per heavy atom. The Morgan fingerprint density at radius 3 is 2.42 bits per heavy atom. The fourth-order valence-electron chi connectivity index (χ4n) is 3.30. The molecule has 0 aliphatic heterocycles. The third-order valence-corrected chi connectivity index (χ3v) is 8.11. The van der Waals surface area contributed by atoms with Gasteiger partial charge in [0.1, 0.15) is 22.9 Å². The molecule has 0 heterocycles. The van der Waals surface area contributed by atoms with Gasteiger partial charge < -0.3 is 20.3 Å². The molecule has 180 valence electrons. The van der Waals surface area contributed by atoms with Gasteiger partial charge in [0.2, 0.25) is 10.0 Å². The topological polar surface area (TPSA) is 125 Å². The summed E-state index contributed by atoms with van der Waals surface area (Å²) < 4.78 is 75.3. The van der Waals surface area contributed by atoms with E-state index in [9.17, 15) is 31.5 Å². The lowest BCUT2D eigenvalue weighted by Gasteiger charge is -2.23. The molecule has 1 amide bonds. The van der Waals surface area contributed by atoms with Crippen LogP contribution < -0.4 is 14.8 Å². The number of hydrogen-bond acceptors (Lipinski definition) is 6. The van der Waals surface area contributed by atoms with Gasteiger partial charge >= 0.3 is 0 Å². The first-order valence-electron chi connectivity index (χ1n) is 9.58. The van der Waals surface area contributed by atoms with Crippen LogP contribution in [0.2, 0.25) is 0 Å². The van der Waals surface area contributed by atoms with Crippen molar-refractivity contribution in [2.45, 2.75) is 30.1 Å². The summed E-state index contributed by atoms with van der Waals surface area (Å²) in [5, 5.41) is 20.8. The normalized spacial score (nSPS) is 15.6. The van der Waals surface area contributed by atoms with Gasteiger partial charge in [-0.2, -0.15) is 0 Å². The molecule has 2 aromatic rings. The smallest absolute Gasteiger partial charge is 0.258 e. The molecule has 1 saturated carbocycles. The highest BCUT2D eigenvalue weighted by molar-refractivity contribution is 14.1. The number of aliphatic hydroxyl groups is 2. The lowest BCUT2D eigenvalue weighted by atomic mass is 10.1. The fourth-order valence-corrected chi connectivity index (χ4v) is 5.49. The number of carbonyl (C=O) groups excluding carboxylic acids is 1. The molecule has 33 heavy (non-hydrogen) atoms. The zero-order valence-electron chi connectivity index (χ0n) is 17.2. The lowest BCUT2D eigenvalue weighted by molar-refractivity contribution is 0.0858. The first kappa shape index (κ1) is 25.5. The molecule has 8 nitrogen and oxygen atoms in total. The highest BCUT2D eigenvalue weighted by Gasteiger charge is 2.55. The van der Waals surface area contributed by atoms with Crippen LogP contribution in [0.4, 0.5) is 24.5 Å². The van der Waals surface area contributed by atoms with E-state index in [0.717, 1.165) is 19.2 Å². The van der Waals surface area contributed by atoms with Gasteiger partial charge in [0, 0.05) is 9.64 Å². The number of ether oxygens (including phenoxy) is 1. The van der Waals surface area contributed by atoms with E-state index in [1.54, 1.807) is 0 Å². The van der Waals surface area contributed by atoms with Crippen molar-refractivity contribution in [2.24, 2.45) is 0 Å². The summed E-state index contributed by atoms with van der Waals surface area (Å²) in [6, 6.07) is 4.22. The van der Waals surface area contributed by atoms with E-state index in [4.69, 9.17) is 9.84 Å². The first-order valence-corrected chi connectivity index (χ1v) is 12.1. The van der Waals surface area contributed by atoms with E-state index in [0.29, 0.717) is 9.64 Å². The second kappa shape index (κ2) is 9.64. The zero-order chi connectivity index (χ0) is 24.6. The maximum atomic E-state index is 14.7. The Hall–Kier alpha value is -2.10. The van der Waals surface area contributed by atoms with Gasteiger partial charge in [-0.3, -0.25) is 9.52 Å². The van der Waals surface area contributed by atoms with Crippen LogP contribution in [0.25, 0.3) is 0 Å². The molecule has 0 aromatic heterocycles. The molecule has 1 unspecified atom stereocenters. The molecule has 4 N–H and O–H groups in total. The molecular weight excluding hydrogens is 580 g/mol. The van der Waals surface area contributed by atoms with Crippen molar-refractivity contribution in [1.29, 1.82) is 0 Å². The molecule has 0 radical (unpaired) electrons. The number of rotatable bonds is 9. The molecule has 0 spiro atoms. The van der Waals surface area contributed by atoms with Gasteiger partial charge in [-0.25, -0.2) is 21.6 Å². The third-order valence-electron chi connectivity index (χ3n) is 5.25. The fraction of sp³-hybridized carbons (Fsp3) is 0.350. The minimum absolute atomic E-state index is 0.154. The second-order valence-corrected chi connectivity index (χ2v) is 10.9. The number of hydrogen-bond donors (Lipinski definition) is 4. The summed E-state index contributed by atoms with van der Waals surface area (Å²) in [5.74, 6) is -5.53.